The van der Waals surface area contributed by atoms with Crippen LogP contribution in [-0.4, -0.2) is 12.1 Å². The lowest BCUT2D eigenvalue weighted by molar-refractivity contribution is -0.00332. The lowest BCUT2D eigenvalue weighted by Gasteiger charge is -2.61. The summed E-state index contributed by atoms with van der Waals surface area (Å²) < 4.78 is 0. The summed E-state index contributed by atoms with van der Waals surface area (Å²) >= 11 is 0. The first-order valence-corrected chi connectivity index (χ1v) is 17.5. The van der Waals surface area contributed by atoms with E-state index < -0.39 is 7.92 Å². The van der Waals surface area contributed by atoms with E-state index in [2.05, 4.69) is 140 Å². The van der Waals surface area contributed by atoms with Crippen molar-refractivity contribution in [3.05, 3.63) is 126 Å². The van der Waals surface area contributed by atoms with Crippen LogP contribution in [0, 0.1) is 17.8 Å². The normalized spacial score (nSPS) is 24.6. The molecule has 214 valence electrons. The molecule has 4 bridgehead atoms. The molecule has 1 nitrogen and oxygen atoms in total. The Kier molecular flexibility index (Phi) is 7.81. The minimum absolute atomic E-state index is 0.254. The summed E-state index contributed by atoms with van der Waals surface area (Å²) in [5, 5.41) is 4.40. The SMILES string of the molecule is CC(C)c1cccc(P(c2ccccc2)c2ccccc2)c1N(C/C=C\c1ccccc1)C12CC3CC(CC(C3)C1)C2. The molecular weight excluding hydrogens is 525 g/mol. The Hall–Kier alpha value is -3.15. The fourth-order valence-electron chi connectivity index (χ4n) is 8.85. The van der Waals surface area contributed by atoms with Crippen LogP contribution in [0.2, 0.25) is 0 Å². The van der Waals surface area contributed by atoms with Gasteiger partial charge in [0.05, 0.1) is 0 Å². The third-order valence-electron chi connectivity index (χ3n) is 10.2. The van der Waals surface area contributed by atoms with Gasteiger partial charge in [0.15, 0.2) is 0 Å². The first kappa shape index (κ1) is 27.7. The van der Waals surface area contributed by atoms with E-state index in [9.17, 15) is 0 Å². The van der Waals surface area contributed by atoms with Gasteiger partial charge in [-0.15, -0.1) is 0 Å². The molecular formula is C40H44NP. The molecule has 0 saturated heterocycles. The maximum atomic E-state index is 2.96. The number of nitrogens with zero attached hydrogens (tertiary/aromatic N) is 1. The Labute approximate surface area is 254 Å². The molecule has 2 heteroatoms. The second-order valence-electron chi connectivity index (χ2n) is 13.4. The zero-order chi connectivity index (χ0) is 28.5. The predicted octanol–water partition coefficient (Wildman–Crippen LogP) is 9.06. The van der Waals surface area contributed by atoms with Crippen molar-refractivity contribution in [2.75, 3.05) is 11.4 Å². The molecule has 0 aliphatic heterocycles. The van der Waals surface area contributed by atoms with Crippen molar-refractivity contribution in [1.82, 2.24) is 0 Å². The summed E-state index contributed by atoms with van der Waals surface area (Å²) in [6.45, 7) is 5.76. The fourth-order valence-corrected chi connectivity index (χ4v) is 11.3. The second-order valence-corrected chi connectivity index (χ2v) is 15.6. The first-order chi connectivity index (χ1) is 20.6. The highest BCUT2D eigenvalue weighted by Crippen LogP contribution is 2.59. The van der Waals surface area contributed by atoms with Crippen molar-refractivity contribution in [2.24, 2.45) is 17.8 Å². The molecule has 4 fully saturated rings. The minimum Gasteiger partial charge on any atom is -0.361 e. The van der Waals surface area contributed by atoms with Gasteiger partial charge in [-0.1, -0.05) is 135 Å². The number of benzene rings is 4. The van der Waals surface area contributed by atoms with Crippen LogP contribution in [-0.2, 0) is 0 Å². The quantitative estimate of drug-likeness (QED) is 0.182. The van der Waals surface area contributed by atoms with Crippen LogP contribution in [0.15, 0.2) is 115 Å². The van der Waals surface area contributed by atoms with Gasteiger partial charge in [0.2, 0.25) is 0 Å². The molecule has 0 unspecified atom stereocenters. The monoisotopic (exact) mass is 569 g/mol. The van der Waals surface area contributed by atoms with Crippen LogP contribution in [0.4, 0.5) is 5.69 Å². The maximum absolute atomic E-state index is 2.96. The molecule has 0 amide bonds. The summed E-state index contributed by atoms with van der Waals surface area (Å²) in [7, 11) is -0.706. The van der Waals surface area contributed by atoms with Gasteiger partial charge in [0, 0.05) is 23.1 Å². The van der Waals surface area contributed by atoms with Crippen LogP contribution in [0.5, 0.6) is 0 Å². The Balaban J connectivity index is 1.42. The summed E-state index contributed by atoms with van der Waals surface area (Å²) in [5.41, 5.74) is 4.59. The maximum Gasteiger partial charge on any atom is 0.0493 e. The highest BCUT2D eigenvalue weighted by atomic mass is 31.1. The van der Waals surface area contributed by atoms with Crippen molar-refractivity contribution in [3.8, 4) is 0 Å². The molecule has 4 aromatic rings. The van der Waals surface area contributed by atoms with Gasteiger partial charge in [0.1, 0.15) is 0 Å². The Bertz CT molecular complexity index is 1430. The van der Waals surface area contributed by atoms with Crippen molar-refractivity contribution >= 4 is 35.6 Å². The smallest absolute Gasteiger partial charge is 0.0493 e. The van der Waals surface area contributed by atoms with E-state index in [1.165, 1.54) is 71.3 Å². The summed E-state index contributed by atoms with van der Waals surface area (Å²) in [6.07, 6.45) is 13.3. The van der Waals surface area contributed by atoms with Gasteiger partial charge in [-0.25, -0.2) is 0 Å². The van der Waals surface area contributed by atoms with Crippen molar-refractivity contribution in [1.29, 1.82) is 0 Å². The lowest BCUT2D eigenvalue weighted by Crippen LogP contribution is -2.61. The molecule has 42 heavy (non-hydrogen) atoms. The van der Waals surface area contributed by atoms with E-state index in [1.807, 2.05) is 0 Å². The third-order valence-corrected chi connectivity index (χ3v) is 12.7. The summed E-state index contributed by atoms with van der Waals surface area (Å²) in [6, 6.07) is 40.7. The topological polar surface area (TPSA) is 3.24 Å². The largest absolute Gasteiger partial charge is 0.361 e. The zero-order valence-electron chi connectivity index (χ0n) is 25.2. The number of rotatable bonds is 9. The van der Waals surface area contributed by atoms with Gasteiger partial charge >= 0.3 is 0 Å². The van der Waals surface area contributed by atoms with E-state index in [0.29, 0.717) is 5.92 Å². The molecule has 0 aromatic heterocycles. The number of anilines is 1. The average Bonchev–Trinajstić information content (AvgIpc) is 3.00. The van der Waals surface area contributed by atoms with E-state index >= 15 is 0 Å². The van der Waals surface area contributed by atoms with Crippen molar-refractivity contribution < 1.29 is 0 Å². The number of para-hydroxylation sites is 1. The van der Waals surface area contributed by atoms with Crippen LogP contribution >= 0.6 is 7.92 Å². The molecule has 0 heterocycles. The van der Waals surface area contributed by atoms with Crippen LogP contribution in [0.1, 0.15) is 69.4 Å². The lowest BCUT2D eigenvalue weighted by atomic mass is 9.52. The van der Waals surface area contributed by atoms with Gasteiger partial charge in [0.25, 0.3) is 0 Å². The molecule has 0 N–H and O–H groups in total. The van der Waals surface area contributed by atoms with E-state index in [-0.39, 0.29) is 5.54 Å². The van der Waals surface area contributed by atoms with Crippen molar-refractivity contribution in [2.45, 2.75) is 63.8 Å². The molecule has 0 spiro atoms. The Morgan fingerprint density at radius 3 is 1.74 bits per heavy atom. The van der Waals surface area contributed by atoms with Gasteiger partial charge < -0.3 is 4.90 Å². The summed E-state index contributed by atoms with van der Waals surface area (Å²) in [4.78, 5) is 2.96. The van der Waals surface area contributed by atoms with Crippen LogP contribution in [0.25, 0.3) is 6.08 Å². The van der Waals surface area contributed by atoms with Gasteiger partial charge in [-0.05, 0) is 91.9 Å². The predicted molar refractivity (Wildman–Crippen MR) is 183 cm³/mol. The van der Waals surface area contributed by atoms with Gasteiger partial charge in [-0.3, -0.25) is 0 Å². The second kappa shape index (κ2) is 11.9. The van der Waals surface area contributed by atoms with E-state index in [0.717, 1.165) is 24.3 Å². The van der Waals surface area contributed by atoms with Crippen LogP contribution in [0.3, 0.4) is 0 Å². The van der Waals surface area contributed by atoms with Crippen molar-refractivity contribution in [3.63, 3.8) is 0 Å². The molecule has 0 radical (unpaired) electrons. The number of hydrogen-bond donors (Lipinski definition) is 0. The first-order valence-electron chi connectivity index (χ1n) is 16.1. The molecule has 4 aliphatic carbocycles. The van der Waals surface area contributed by atoms with E-state index in [4.69, 9.17) is 0 Å². The Morgan fingerprint density at radius 2 is 1.21 bits per heavy atom. The molecule has 0 atom stereocenters. The Morgan fingerprint density at radius 1 is 0.690 bits per heavy atom. The average molecular weight is 570 g/mol. The highest BCUT2D eigenvalue weighted by Gasteiger charge is 2.54. The molecule has 4 aromatic carbocycles. The highest BCUT2D eigenvalue weighted by molar-refractivity contribution is 7.80. The molecule has 4 aliphatic rings. The van der Waals surface area contributed by atoms with E-state index in [1.54, 1.807) is 0 Å². The fraction of sp³-hybridized carbons (Fsp3) is 0.350. The van der Waals surface area contributed by atoms with Gasteiger partial charge in [-0.2, -0.15) is 0 Å². The zero-order valence-corrected chi connectivity index (χ0v) is 26.1. The summed E-state index contributed by atoms with van der Waals surface area (Å²) in [5.74, 6) is 3.15. The third kappa shape index (κ3) is 5.38. The molecule has 8 rings (SSSR count). The standard InChI is InChI=1S/C40H44NP/c1-30(2)37-21-12-22-38(42(35-17-8-4-9-18-35)36-19-10-5-11-20-36)39(37)41(23-13-16-31-14-6-3-7-15-31)40-27-32-24-33(28-40)26-34(25-32)29-40/h3-22,30,32-34H,23-29H2,1-2H3/b16-13-. The molecule has 4 saturated carbocycles. The number of hydrogen-bond acceptors (Lipinski definition) is 1. The minimum atomic E-state index is -0.706. The van der Waals surface area contributed by atoms with Crippen LogP contribution < -0.4 is 20.8 Å².